The van der Waals surface area contributed by atoms with E-state index in [9.17, 15) is 0 Å². The molecule has 0 bridgehead atoms. The minimum atomic E-state index is -0.429. The average Bonchev–Trinajstić information content (AvgIpc) is 2.18. The predicted octanol–water partition coefficient (Wildman–Crippen LogP) is 0.333. The van der Waals surface area contributed by atoms with Crippen LogP contribution in [0.3, 0.4) is 0 Å². The van der Waals surface area contributed by atoms with Gasteiger partial charge in [-0.2, -0.15) is 0 Å². The predicted molar refractivity (Wildman–Crippen MR) is 26.2 cm³/mol. The molecule has 0 aromatic heterocycles. The highest BCUT2D eigenvalue weighted by Gasteiger charge is 2.50. The number of hydrogen-bond acceptors (Lipinski definition) is 2. The van der Waals surface area contributed by atoms with E-state index in [2.05, 4.69) is 0 Å². The normalized spacial score (nSPS) is 49.3. The van der Waals surface area contributed by atoms with Crippen molar-refractivity contribution < 1.29 is 9.84 Å². The molecule has 0 aromatic rings. The van der Waals surface area contributed by atoms with Gasteiger partial charge in [-0.25, -0.2) is 0 Å². The van der Waals surface area contributed by atoms with Crippen molar-refractivity contribution in [3.63, 3.8) is 0 Å². The third kappa shape index (κ3) is 0.738. The summed E-state index contributed by atoms with van der Waals surface area (Å²) in [6, 6.07) is 0. The molecule has 1 aliphatic heterocycles. The lowest BCUT2D eigenvalue weighted by molar-refractivity contribution is 0.185. The van der Waals surface area contributed by atoms with E-state index in [0.29, 0.717) is 0 Å². The minimum Gasteiger partial charge on any atom is -0.393 e. The highest BCUT2D eigenvalue weighted by Crippen LogP contribution is 2.37. The van der Waals surface area contributed by atoms with E-state index in [-0.39, 0.29) is 12.2 Å². The van der Waals surface area contributed by atoms with Gasteiger partial charge < -0.3 is 9.84 Å². The zero-order valence-electron chi connectivity index (χ0n) is 4.02. The fourth-order valence-corrected chi connectivity index (χ4v) is 0.584. The summed E-state index contributed by atoms with van der Waals surface area (Å²) < 4.78 is 4.77. The van der Waals surface area contributed by atoms with E-state index in [1.807, 2.05) is 0 Å². The van der Waals surface area contributed by atoms with Gasteiger partial charge >= 0.3 is 0 Å². The van der Waals surface area contributed by atoms with Gasteiger partial charge in [0, 0.05) is 0 Å². The Labute approximate surface area is 47.0 Å². The molecule has 1 saturated heterocycles. The van der Waals surface area contributed by atoms with Crippen LogP contribution in [0.15, 0.2) is 0 Å². The number of halogens is 1. The van der Waals surface area contributed by atoms with Crippen molar-refractivity contribution >= 4 is 11.6 Å². The second kappa shape index (κ2) is 1.34. The third-order valence-corrected chi connectivity index (χ3v) is 1.66. The van der Waals surface area contributed by atoms with Crippen molar-refractivity contribution in [1.29, 1.82) is 0 Å². The van der Waals surface area contributed by atoms with Crippen molar-refractivity contribution in [2.24, 2.45) is 0 Å². The first-order valence-corrected chi connectivity index (χ1v) is 2.55. The Kier molecular flexibility index (Phi) is 1.02. The van der Waals surface area contributed by atoms with E-state index in [1.165, 1.54) is 0 Å². The van der Waals surface area contributed by atoms with Gasteiger partial charge in [0.1, 0.15) is 5.60 Å². The summed E-state index contributed by atoms with van der Waals surface area (Å²) in [6.45, 7) is 1.78. The van der Waals surface area contributed by atoms with Crippen molar-refractivity contribution in [1.82, 2.24) is 0 Å². The topological polar surface area (TPSA) is 32.8 Å². The summed E-state index contributed by atoms with van der Waals surface area (Å²) in [7, 11) is 0. The Balaban J connectivity index is 2.36. The van der Waals surface area contributed by atoms with Crippen LogP contribution in [0.4, 0.5) is 0 Å². The zero-order valence-corrected chi connectivity index (χ0v) is 4.77. The molecule has 2 atom stereocenters. The lowest BCUT2D eigenvalue weighted by Crippen LogP contribution is -2.11. The van der Waals surface area contributed by atoms with Gasteiger partial charge in [-0.3, -0.25) is 0 Å². The van der Waals surface area contributed by atoms with E-state index in [4.69, 9.17) is 21.4 Å². The average molecular weight is 123 g/mol. The van der Waals surface area contributed by atoms with E-state index < -0.39 is 5.60 Å². The molecule has 1 rings (SSSR count). The van der Waals surface area contributed by atoms with Gasteiger partial charge in [0.2, 0.25) is 0 Å². The summed E-state index contributed by atoms with van der Waals surface area (Å²) in [5, 5.41) is 8.43. The quantitative estimate of drug-likeness (QED) is 0.402. The van der Waals surface area contributed by atoms with Crippen molar-refractivity contribution in [2.45, 2.75) is 18.1 Å². The fourth-order valence-electron chi connectivity index (χ4n) is 0.311. The molecule has 1 fully saturated rings. The summed E-state index contributed by atoms with van der Waals surface area (Å²) in [6.07, 6.45) is 0. The van der Waals surface area contributed by atoms with Crippen LogP contribution in [0.5, 0.6) is 0 Å². The van der Waals surface area contributed by atoms with Crippen LogP contribution in [-0.4, -0.2) is 22.9 Å². The van der Waals surface area contributed by atoms with Gasteiger partial charge in [0.05, 0.1) is 6.61 Å². The SMILES string of the molecule is C[C@]1(CO)OC1Cl. The first kappa shape index (κ1) is 5.35. The number of epoxide rings is 1. The number of aliphatic hydroxyl groups is 1. The van der Waals surface area contributed by atoms with Gasteiger partial charge in [-0.1, -0.05) is 11.6 Å². The van der Waals surface area contributed by atoms with Crippen LogP contribution in [-0.2, 0) is 4.74 Å². The number of aliphatic hydroxyl groups excluding tert-OH is 1. The third-order valence-electron chi connectivity index (χ3n) is 1.11. The first-order valence-electron chi connectivity index (χ1n) is 2.12. The molecule has 0 saturated carbocycles. The number of alkyl halides is 1. The molecular formula is C4H7ClO2. The molecule has 7 heavy (non-hydrogen) atoms. The molecule has 42 valence electrons. The van der Waals surface area contributed by atoms with E-state index in [1.54, 1.807) is 6.92 Å². The second-order valence-electron chi connectivity index (χ2n) is 1.90. The Morgan fingerprint density at radius 3 is 2.43 bits per heavy atom. The van der Waals surface area contributed by atoms with Gasteiger partial charge in [0.15, 0.2) is 5.56 Å². The molecule has 0 radical (unpaired) electrons. The van der Waals surface area contributed by atoms with Crippen LogP contribution in [0, 0.1) is 0 Å². The number of hydrogen-bond donors (Lipinski definition) is 1. The Morgan fingerprint density at radius 1 is 2.00 bits per heavy atom. The number of ether oxygens (including phenoxy) is 1. The largest absolute Gasteiger partial charge is 0.393 e. The monoisotopic (exact) mass is 122 g/mol. The van der Waals surface area contributed by atoms with Gasteiger partial charge in [-0.05, 0) is 6.92 Å². The smallest absolute Gasteiger partial charge is 0.163 e. The maximum Gasteiger partial charge on any atom is 0.163 e. The summed E-state index contributed by atoms with van der Waals surface area (Å²) in [5.74, 6) is 0. The second-order valence-corrected chi connectivity index (χ2v) is 2.30. The highest BCUT2D eigenvalue weighted by atomic mass is 35.5. The van der Waals surface area contributed by atoms with Gasteiger partial charge in [-0.15, -0.1) is 0 Å². The maximum atomic E-state index is 8.43. The van der Waals surface area contributed by atoms with Crippen LogP contribution >= 0.6 is 11.6 Å². The fraction of sp³-hybridized carbons (Fsp3) is 1.00. The van der Waals surface area contributed by atoms with Crippen LogP contribution in [0.2, 0.25) is 0 Å². The van der Waals surface area contributed by atoms with Crippen LogP contribution in [0.25, 0.3) is 0 Å². The molecule has 0 aliphatic carbocycles. The molecule has 1 heterocycles. The lowest BCUT2D eigenvalue weighted by Gasteiger charge is -1.92. The highest BCUT2D eigenvalue weighted by molar-refractivity contribution is 6.22. The molecule has 2 nitrogen and oxygen atoms in total. The number of rotatable bonds is 1. The zero-order chi connectivity index (χ0) is 5.49. The molecule has 1 N–H and O–H groups in total. The minimum absolute atomic E-state index is 0.0150. The molecule has 1 unspecified atom stereocenters. The Morgan fingerprint density at radius 2 is 2.43 bits per heavy atom. The maximum absolute atomic E-state index is 8.43. The van der Waals surface area contributed by atoms with E-state index in [0.717, 1.165) is 0 Å². The van der Waals surface area contributed by atoms with Crippen LogP contribution in [0.1, 0.15) is 6.92 Å². The van der Waals surface area contributed by atoms with Crippen molar-refractivity contribution in [2.75, 3.05) is 6.61 Å². The van der Waals surface area contributed by atoms with Crippen LogP contribution < -0.4 is 0 Å². The summed E-state index contributed by atoms with van der Waals surface area (Å²) in [4.78, 5) is 0. The molecule has 0 amide bonds. The van der Waals surface area contributed by atoms with Crippen molar-refractivity contribution in [3.05, 3.63) is 0 Å². The summed E-state index contributed by atoms with van der Waals surface area (Å²) >= 11 is 5.41. The first-order chi connectivity index (χ1) is 3.19. The molecule has 0 spiro atoms. The molecule has 1 aliphatic rings. The van der Waals surface area contributed by atoms with E-state index >= 15 is 0 Å². The summed E-state index contributed by atoms with van der Waals surface area (Å²) in [5.41, 5.74) is -0.695. The molecule has 3 heteroatoms. The lowest BCUT2D eigenvalue weighted by atomic mass is 10.2. The van der Waals surface area contributed by atoms with Crippen molar-refractivity contribution in [3.8, 4) is 0 Å². The standard InChI is InChI=1S/C4H7ClO2/c1-4(2-6)3(5)7-4/h3,6H,2H2,1H3/t3?,4-/m1/s1. The Hall–Kier alpha value is 0.210. The molecular weight excluding hydrogens is 115 g/mol. The van der Waals surface area contributed by atoms with Gasteiger partial charge in [0.25, 0.3) is 0 Å². The Bertz CT molecular complexity index is 81.8. The molecule has 0 aromatic carbocycles.